The number of rotatable bonds is 5. The lowest BCUT2D eigenvalue weighted by Gasteiger charge is -2.11. The van der Waals surface area contributed by atoms with Gasteiger partial charge in [0.25, 0.3) is 11.8 Å². The Morgan fingerprint density at radius 1 is 1.12 bits per heavy atom. The number of carbonyl (C=O) groups is 2. The SMILES string of the molecule is CCC(C)NC(=O)c1cncc(C(=O)Nc2ccc3c(c2)OCO3)c1. The first-order valence-corrected chi connectivity index (χ1v) is 8.03. The summed E-state index contributed by atoms with van der Waals surface area (Å²) in [5.41, 5.74) is 1.22. The van der Waals surface area contributed by atoms with Crippen LogP contribution in [0.4, 0.5) is 5.69 Å². The average Bonchev–Trinajstić information content (AvgIpc) is 3.09. The lowest BCUT2D eigenvalue weighted by Crippen LogP contribution is -2.32. The highest BCUT2D eigenvalue weighted by Gasteiger charge is 2.16. The van der Waals surface area contributed by atoms with E-state index in [1.165, 1.54) is 18.5 Å². The van der Waals surface area contributed by atoms with Crippen molar-refractivity contribution < 1.29 is 19.1 Å². The highest BCUT2D eigenvalue weighted by molar-refractivity contribution is 6.06. The van der Waals surface area contributed by atoms with Gasteiger partial charge >= 0.3 is 0 Å². The summed E-state index contributed by atoms with van der Waals surface area (Å²) in [5.74, 6) is 0.616. The predicted molar refractivity (Wildman–Crippen MR) is 92.0 cm³/mol. The summed E-state index contributed by atoms with van der Waals surface area (Å²) in [4.78, 5) is 28.6. The van der Waals surface area contributed by atoms with E-state index in [2.05, 4.69) is 15.6 Å². The molecule has 130 valence electrons. The summed E-state index contributed by atoms with van der Waals surface area (Å²) in [6.07, 6.45) is 3.68. The van der Waals surface area contributed by atoms with Crippen LogP contribution >= 0.6 is 0 Å². The molecule has 1 atom stereocenters. The monoisotopic (exact) mass is 341 g/mol. The Bertz CT molecular complexity index is 807. The highest BCUT2D eigenvalue weighted by Crippen LogP contribution is 2.34. The van der Waals surface area contributed by atoms with E-state index in [4.69, 9.17) is 9.47 Å². The second kappa shape index (κ2) is 7.21. The summed E-state index contributed by atoms with van der Waals surface area (Å²) >= 11 is 0. The van der Waals surface area contributed by atoms with E-state index in [9.17, 15) is 9.59 Å². The number of fused-ring (bicyclic) bond motifs is 1. The van der Waals surface area contributed by atoms with Gasteiger partial charge in [0.15, 0.2) is 11.5 Å². The number of carbonyl (C=O) groups excluding carboxylic acids is 2. The van der Waals surface area contributed by atoms with Crippen LogP contribution in [0.3, 0.4) is 0 Å². The molecule has 1 aromatic heterocycles. The van der Waals surface area contributed by atoms with Crippen LogP contribution in [0.5, 0.6) is 11.5 Å². The van der Waals surface area contributed by atoms with Crippen molar-refractivity contribution in [1.29, 1.82) is 0 Å². The Balaban J connectivity index is 1.72. The molecule has 25 heavy (non-hydrogen) atoms. The van der Waals surface area contributed by atoms with E-state index in [-0.39, 0.29) is 24.6 Å². The zero-order chi connectivity index (χ0) is 17.8. The van der Waals surface area contributed by atoms with Crippen molar-refractivity contribution in [2.45, 2.75) is 26.3 Å². The largest absolute Gasteiger partial charge is 0.454 e. The topological polar surface area (TPSA) is 89.6 Å². The number of hydrogen-bond acceptors (Lipinski definition) is 5. The van der Waals surface area contributed by atoms with Gasteiger partial charge in [-0.3, -0.25) is 14.6 Å². The van der Waals surface area contributed by atoms with Gasteiger partial charge in [-0.25, -0.2) is 0 Å². The van der Waals surface area contributed by atoms with Gasteiger partial charge in [0.05, 0.1) is 11.1 Å². The number of nitrogens with zero attached hydrogens (tertiary/aromatic N) is 1. The first kappa shape index (κ1) is 16.8. The second-order valence-corrected chi connectivity index (χ2v) is 5.77. The maximum atomic E-state index is 12.4. The van der Waals surface area contributed by atoms with Crippen molar-refractivity contribution in [3.05, 3.63) is 47.8 Å². The van der Waals surface area contributed by atoms with Crippen molar-refractivity contribution in [1.82, 2.24) is 10.3 Å². The number of benzene rings is 1. The molecule has 3 rings (SSSR count). The molecule has 2 amide bonds. The smallest absolute Gasteiger partial charge is 0.257 e. The Morgan fingerprint density at radius 3 is 2.60 bits per heavy atom. The van der Waals surface area contributed by atoms with Crippen molar-refractivity contribution in [3.63, 3.8) is 0 Å². The zero-order valence-electron chi connectivity index (χ0n) is 14.0. The van der Waals surface area contributed by atoms with Crippen LogP contribution in [0.15, 0.2) is 36.7 Å². The number of hydrogen-bond donors (Lipinski definition) is 2. The molecule has 0 fully saturated rings. The number of nitrogens with one attached hydrogen (secondary N) is 2. The van der Waals surface area contributed by atoms with Crippen LogP contribution in [0.25, 0.3) is 0 Å². The average molecular weight is 341 g/mol. The Labute approximate surface area is 145 Å². The van der Waals surface area contributed by atoms with Crippen molar-refractivity contribution >= 4 is 17.5 Å². The normalized spacial score (nSPS) is 13.2. The minimum Gasteiger partial charge on any atom is -0.454 e. The summed E-state index contributed by atoms with van der Waals surface area (Å²) < 4.78 is 10.5. The number of ether oxygens (including phenoxy) is 2. The molecule has 0 saturated heterocycles. The first-order chi connectivity index (χ1) is 12.1. The molecule has 7 heteroatoms. The lowest BCUT2D eigenvalue weighted by molar-refractivity contribution is 0.0939. The molecule has 0 aliphatic carbocycles. The molecule has 1 unspecified atom stereocenters. The third-order valence-electron chi connectivity index (χ3n) is 3.88. The fourth-order valence-corrected chi connectivity index (χ4v) is 2.28. The Morgan fingerprint density at radius 2 is 1.84 bits per heavy atom. The van der Waals surface area contributed by atoms with Crippen molar-refractivity contribution in [2.24, 2.45) is 0 Å². The summed E-state index contributed by atoms with van der Waals surface area (Å²) in [6.45, 7) is 4.07. The molecular weight excluding hydrogens is 322 g/mol. The standard InChI is InChI=1S/C18H19N3O4/c1-3-11(2)20-17(22)12-6-13(9-19-8-12)18(23)21-14-4-5-15-16(7-14)25-10-24-15/h4-9,11H,3,10H2,1-2H3,(H,20,22)(H,21,23). The predicted octanol–water partition coefficient (Wildman–Crippen LogP) is 2.59. The fourth-order valence-electron chi connectivity index (χ4n) is 2.28. The highest BCUT2D eigenvalue weighted by atomic mass is 16.7. The Hall–Kier alpha value is -3.09. The molecule has 0 saturated carbocycles. The van der Waals surface area contributed by atoms with Gasteiger partial charge in [-0.1, -0.05) is 6.92 Å². The molecule has 2 heterocycles. The van der Waals surface area contributed by atoms with E-state index in [1.807, 2.05) is 13.8 Å². The molecular formula is C18H19N3O4. The molecule has 1 aliphatic rings. The molecule has 2 N–H and O–H groups in total. The van der Waals surface area contributed by atoms with Crippen molar-refractivity contribution in [3.8, 4) is 11.5 Å². The van der Waals surface area contributed by atoms with Gasteiger partial charge in [0.2, 0.25) is 6.79 Å². The van der Waals surface area contributed by atoms with E-state index >= 15 is 0 Å². The summed E-state index contributed by atoms with van der Waals surface area (Å²) in [7, 11) is 0. The molecule has 0 spiro atoms. The van der Waals surface area contributed by atoms with Crippen LogP contribution in [-0.4, -0.2) is 29.6 Å². The summed E-state index contributed by atoms with van der Waals surface area (Å²) in [6, 6.07) is 6.71. The van der Waals surface area contributed by atoms with Crippen LogP contribution in [0.2, 0.25) is 0 Å². The van der Waals surface area contributed by atoms with Gasteiger partial charge in [-0.05, 0) is 31.5 Å². The zero-order valence-corrected chi connectivity index (χ0v) is 14.0. The van der Waals surface area contributed by atoms with Gasteiger partial charge in [0, 0.05) is 30.2 Å². The van der Waals surface area contributed by atoms with Gasteiger partial charge in [-0.15, -0.1) is 0 Å². The van der Waals surface area contributed by atoms with Crippen LogP contribution in [0, 0.1) is 0 Å². The first-order valence-electron chi connectivity index (χ1n) is 8.03. The van der Waals surface area contributed by atoms with E-state index in [0.29, 0.717) is 28.3 Å². The van der Waals surface area contributed by atoms with Crippen LogP contribution in [0.1, 0.15) is 41.0 Å². The minimum atomic E-state index is -0.357. The third kappa shape index (κ3) is 3.88. The van der Waals surface area contributed by atoms with Crippen molar-refractivity contribution in [2.75, 3.05) is 12.1 Å². The van der Waals surface area contributed by atoms with E-state index < -0.39 is 0 Å². The van der Waals surface area contributed by atoms with Gasteiger partial charge in [-0.2, -0.15) is 0 Å². The van der Waals surface area contributed by atoms with Crippen LogP contribution < -0.4 is 20.1 Å². The van der Waals surface area contributed by atoms with Crippen LogP contribution in [-0.2, 0) is 0 Å². The van der Waals surface area contributed by atoms with E-state index in [0.717, 1.165) is 6.42 Å². The number of anilines is 1. The Kier molecular flexibility index (Phi) is 4.83. The lowest BCUT2D eigenvalue weighted by atomic mass is 10.1. The molecule has 2 aromatic rings. The molecule has 0 radical (unpaired) electrons. The molecule has 1 aliphatic heterocycles. The number of amides is 2. The molecule has 1 aromatic carbocycles. The summed E-state index contributed by atoms with van der Waals surface area (Å²) in [5, 5.41) is 5.61. The second-order valence-electron chi connectivity index (χ2n) is 5.77. The quantitative estimate of drug-likeness (QED) is 0.872. The molecule has 0 bridgehead atoms. The van der Waals surface area contributed by atoms with Gasteiger partial charge in [0.1, 0.15) is 0 Å². The minimum absolute atomic E-state index is 0.0543. The van der Waals surface area contributed by atoms with Gasteiger partial charge < -0.3 is 20.1 Å². The maximum absolute atomic E-state index is 12.4. The maximum Gasteiger partial charge on any atom is 0.257 e. The number of aromatic nitrogens is 1. The number of pyridine rings is 1. The molecule has 7 nitrogen and oxygen atoms in total. The third-order valence-corrected chi connectivity index (χ3v) is 3.88. The van der Waals surface area contributed by atoms with E-state index in [1.54, 1.807) is 18.2 Å². The fraction of sp³-hybridized carbons (Fsp3) is 0.278.